The average molecular weight is 365 g/mol. The molecule has 0 aromatic rings. The highest BCUT2D eigenvalue weighted by atomic mass is 16.5. The van der Waals surface area contributed by atoms with E-state index < -0.39 is 36.4 Å². The molecule has 26 heavy (non-hydrogen) atoms. The molecular weight excluding hydrogens is 342 g/mol. The number of hydrogen-bond donors (Lipinski definition) is 1. The zero-order chi connectivity index (χ0) is 19.4. The van der Waals surface area contributed by atoms with Gasteiger partial charge >= 0.3 is 5.97 Å². The normalized spacial score (nSPS) is 22.7. The number of likely N-dealkylation sites (N-methyl/N-ethyl adjacent to an activating group) is 2. The molecule has 0 unspecified atom stereocenters. The van der Waals surface area contributed by atoms with Crippen molar-refractivity contribution >= 4 is 29.6 Å². The van der Waals surface area contributed by atoms with Gasteiger partial charge in [-0.2, -0.15) is 0 Å². The van der Waals surface area contributed by atoms with E-state index >= 15 is 0 Å². The van der Waals surface area contributed by atoms with Crippen molar-refractivity contribution in [1.29, 1.82) is 0 Å². The number of rotatable bonds is 6. The van der Waals surface area contributed by atoms with E-state index in [1.54, 1.807) is 0 Å². The Morgan fingerprint density at radius 1 is 1.23 bits per heavy atom. The summed E-state index contributed by atoms with van der Waals surface area (Å²) >= 11 is 0. The predicted molar refractivity (Wildman–Crippen MR) is 89.3 cm³/mol. The number of ether oxygens (including phenoxy) is 1. The molecule has 2 aliphatic rings. The van der Waals surface area contributed by atoms with Crippen LogP contribution in [0.3, 0.4) is 0 Å². The summed E-state index contributed by atoms with van der Waals surface area (Å²) in [5.41, 5.74) is 0. The molecule has 1 saturated heterocycles. The van der Waals surface area contributed by atoms with Crippen LogP contribution in [0.1, 0.15) is 19.8 Å². The third-order valence-electron chi connectivity index (χ3n) is 4.69. The second-order valence-electron chi connectivity index (χ2n) is 6.41. The van der Waals surface area contributed by atoms with E-state index in [2.05, 4.69) is 5.32 Å². The first kappa shape index (κ1) is 19.6. The second kappa shape index (κ2) is 8.11. The van der Waals surface area contributed by atoms with Crippen LogP contribution in [0.5, 0.6) is 0 Å². The fourth-order valence-corrected chi connectivity index (χ4v) is 3.06. The van der Waals surface area contributed by atoms with Gasteiger partial charge in [-0.25, -0.2) is 4.79 Å². The van der Waals surface area contributed by atoms with Crippen molar-refractivity contribution in [3.8, 4) is 0 Å². The minimum absolute atomic E-state index is 0.165. The number of carbonyl (C=O) groups is 5. The van der Waals surface area contributed by atoms with Crippen LogP contribution in [0, 0.1) is 11.8 Å². The molecule has 1 fully saturated rings. The van der Waals surface area contributed by atoms with Gasteiger partial charge in [0.1, 0.15) is 6.04 Å². The maximum Gasteiger partial charge on any atom is 0.329 e. The summed E-state index contributed by atoms with van der Waals surface area (Å²) in [4.78, 5) is 62.3. The van der Waals surface area contributed by atoms with Crippen LogP contribution in [0.2, 0.25) is 0 Å². The smallest absolute Gasteiger partial charge is 0.329 e. The molecule has 1 heterocycles. The molecule has 2 rings (SSSR count). The molecule has 9 nitrogen and oxygen atoms in total. The number of nitrogens with one attached hydrogen (secondary N) is 1. The molecule has 0 aromatic carbocycles. The summed E-state index contributed by atoms with van der Waals surface area (Å²) in [6, 6.07) is -1.10. The summed E-state index contributed by atoms with van der Waals surface area (Å²) in [7, 11) is 2.85. The SMILES string of the molecule is CNC(=O)CN(C)C(=O)COC(=O)[C@H](C)N1C(=O)[C@H]2CC=CC[C@@H]2C1=O. The zero-order valence-electron chi connectivity index (χ0n) is 15.1. The highest BCUT2D eigenvalue weighted by Gasteiger charge is 2.50. The predicted octanol–water partition coefficient (Wildman–Crippen LogP) is -0.926. The number of esters is 1. The maximum atomic E-state index is 12.4. The lowest BCUT2D eigenvalue weighted by Crippen LogP contribution is -2.45. The molecule has 0 saturated carbocycles. The van der Waals surface area contributed by atoms with Crippen LogP contribution in [0.25, 0.3) is 0 Å². The lowest BCUT2D eigenvalue weighted by Gasteiger charge is -2.22. The van der Waals surface area contributed by atoms with Gasteiger partial charge in [0, 0.05) is 14.1 Å². The lowest BCUT2D eigenvalue weighted by molar-refractivity contribution is -0.161. The molecule has 0 bridgehead atoms. The standard InChI is InChI=1S/C17H23N3O6/c1-10(17(25)26-9-14(22)19(3)8-13(21)18-2)20-15(23)11-6-4-5-7-12(11)16(20)24/h4-5,10-12H,6-9H2,1-3H3,(H,18,21)/t10-,11-,12-/m0/s1. The van der Waals surface area contributed by atoms with Crippen LogP contribution in [0.4, 0.5) is 0 Å². The van der Waals surface area contributed by atoms with Crippen molar-refractivity contribution in [1.82, 2.24) is 15.1 Å². The van der Waals surface area contributed by atoms with Gasteiger partial charge in [-0.05, 0) is 19.8 Å². The third-order valence-corrected chi connectivity index (χ3v) is 4.69. The molecular formula is C17H23N3O6. The third kappa shape index (κ3) is 3.92. The van der Waals surface area contributed by atoms with E-state index in [9.17, 15) is 24.0 Å². The Labute approximate surface area is 151 Å². The van der Waals surface area contributed by atoms with Gasteiger partial charge in [0.05, 0.1) is 18.4 Å². The number of fused-ring (bicyclic) bond motifs is 1. The minimum Gasteiger partial charge on any atom is -0.454 e. The van der Waals surface area contributed by atoms with Gasteiger partial charge < -0.3 is 15.0 Å². The Kier molecular flexibility index (Phi) is 6.12. The van der Waals surface area contributed by atoms with E-state index in [1.807, 2.05) is 12.2 Å². The molecule has 0 spiro atoms. The van der Waals surface area contributed by atoms with E-state index in [1.165, 1.54) is 21.0 Å². The number of hydrogen-bond acceptors (Lipinski definition) is 6. The van der Waals surface area contributed by atoms with Gasteiger partial charge in [-0.3, -0.25) is 24.1 Å². The van der Waals surface area contributed by atoms with Crippen molar-refractivity contribution in [2.24, 2.45) is 11.8 Å². The summed E-state index contributed by atoms with van der Waals surface area (Å²) in [6.07, 6.45) is 4.69. The maximum absolute atomic E-state index is 12.4. The van der Waals surface area contributed by atoms with Crippen LogP contribution in [0.15, 0.2) is 12.2 Å². The summed E-state index contributed by atoms with van der Waals surface area (Å²) in [6.45, 7) is 0.671. The number of amides is 4. The Hall–Kier alpha value is -2.71. The molecule has 1 aliphatic heterocycles. The van der Waals surface area contributed by atoms with Crippen molar-refractivity contribution in [2.45, 2.75) is 25.8 Å². The van der Waals surface area contributed by atoms with E-state index in [4.69, 9.17) is 4.74 Å². The molecule has 0 aromatic heterocycles. The van der Waals surface area contributed by atoms with Crippen LogP contribution >= 0.6 is 0 Å². The van der Waals surface area contributed by atoms with Crippen molar-refractivity contribution in [3.63, 3.8) is 0 Å². The van der Waals surface area contributed by atoms with Gasteiger partial charge in [0.2, 0.25) is 17.7 Å². The Bertz CT molecular complexity index is 633. The van der Waals surface area contributed by atoms with Crippen LogP contribution in [-0.2, 0) is 28.7 Å². The van der Waals surface area contributed by atoms with E-state index in [-0.39, 0.29) is 24.3 Å². The van der Waals surface area contributed by atoms with Crippen molar-refractivity contribution in [2.75, 3.05) is 27.2 Å². The topological polar surface area (TPSA) is 113 Å². The summed E-state index contributed by atoms with van der Waals surface area (Å²) in [5.74, 6) is -3.36. The van der Waals surface area contributed by atoms with Gasteiger partial charge in [0.25, 0.3) is 5.91 Å². The quantitative estimate of drug-likeness (QED) is 0.370. The zero-order valence-corrected chi connectivity index (χ0v) is 15.1. The average Bonchev–Trinajstić information content (AvgIpc) is 2.89. The van der Waals surface area contributed by atoms with Gasteiger partial charge in [0.15, 0.2) is 6.61 Å². The summed E-state index contributed by atoms with van der Waals surface area (Å²) in [5, 5.41) is 2.38. The highest BCUT2D eigenvalue weighted by molar-refractivity contribution is 6.08. The number of imide groups is 1. The highest BCUT2D eigenvalue weighted by Crippen LogP contribution is 2.36. The molecule has 1 N–H and O–H groups in total. The molecule has 142 valence electrons. The monoisotopic (exact) mass is 365 g/mol. The lowest BCUT2D eigenvalue weighted by atomic mass is 9.85. The number of carbonyl (C=O) groups excluding carboxylic acids is 5. The van der Waals surface area contributed by atoms with E-state index in [0.717, 1.165) is 9.80 Å². The largest absolute Gasteiger partial charge is 0.454 e. The Morgan fingerprint density at radius 2 is 1.77 bits per heavy atom. The van der Waals surface area contributed by atoms with E-state index in [0.29, 0.717) is 12.8 Å². The first-order valence-electron chi connectivity index (χ1n) is 8.41. The number of allylic oxidation sites excluding steroid dienone is 2. The first-order chi connectivity index (χ1) is 12.3. The first-order valence-corrected chi connectivity index (χ1v) is 8.41. The van der Waals surface area contributed by atoms with Crippen LogP contribution < -0.4 is 5.32 Å². The second-order valence-corrected chi connectivity index (χ2v) is 6.41. The molecule has 9 heteroatoms. The fraction of sp³-hybridized carbons (Fsp3) is 0.588. The van der Waals surface area contributed by atoms with Crippen molar-refractivity contribution < 1.29 is 28.7 Å². The molecule has 0 radical (unpaired) electrons. The minimum atomic E-state index is -1.10. The van der Waals surface area contributed by atoms with Gasteiger partial charge in [-0.1, -0.05) is 12.2 Å². The van der Waals surface area contributed by atoms with Gasteiger partial charge in [-0.15, -0.1) is 0 Å². The molecule has 3 atom stereocenters. The molecule has 1 aliphatic carbocycles. The molecule has 4 amide bonds. The summed E-state index contributed by atoms with van der Waals surface area (Å²) < 4.78 is 4.94. The Balaban J connectivity index is 1.91. The fourth-order valence-electron chi connectivity index (χ4n) is 3.06. The number of nitrogens with zero attached hydrogens (tertiary/aromatic N) is 2. The number of likely N-dealkylation sites (tertiary alicyclic amines) is 1. The Morgan fingerprint density at radius 3 is 2.27 bits per heavy atom. The van der Waals surface area contributed by atoms with Crippen LogP contribution in [-0.4, -0.2) is 72.7 Å². The van der Waals surface area contributed by atoms with Crippen molar-refractivity contribution in [3.05, 3.63) is 12.2 Å².